The standard InChI is InChI=1S/C28H25F3N2O3/c1-17-19(12-10-18-11-13-21-20(15-26(34)35-2)16-36-25(21)14-18)6-5-9-23(17)33-24-8-4-3-7-22(24)32-27(33)28(29,30)31/h3-9,11,13-14,20H,10,12,15-16H2,1-2H3/t20-/m1/s1. The lowest BCUT2D eigenvalue weighted by molar-refractivity contribution is -0.145. The van der Waals surface area contributed by atoms with E-state index in [0.717, 1.165) is 28.0 Å². The molecule has 0 bridgehead atoms. The number of esters is 1. The van der Waals surface area contributed by atoms with Crippen LogP contribution in [-0.2, 0) is 28.5 Å². The maximum atomic E-state index is 13.9. The Kier molecular flexibility index (Phi) is 6.20. The van der Waals surface area contributed by atoms with Gasteiger partial charge in [0.1, 0.15) is 5.75 Å². The van der Waals surface area contributed by atoms with Crippen LogP contribution in [0.2, 0.25) is 0 Å². The van der Waals surface area contributed by atoms with E-state index >= 15 is 0 Å². The van der Waals surface area contributed by atoms with Gasteiger partial charge in [-0.1, -0.05) is 36.4 Å². The third-order valence-corrected chi connectivity index (χ3v) is 6.75. The van der Waals surface area contributed by atoms with E-state index in [1.54, 1.807) is 36.4 Å². The number of para-hydroxylation sites is 2. The second kappa shape index (κ2) is 9.33. The summed E-state index contributed by atoms with van der Waals surface area (Å²) in [5, 5.41) is 0. The highest BCUT2D eigenvalue weighted by Gasteiger charge is 2.38. The number of imidazole rings is 1. The van der Waals surface area contributed by atoms with E-state index in [1.165, 1.54) is 11.7 Å². The third-order valence-electron chi connectivity index (χ3n) is 6.75. The predicted molar refractivity (Wildman–Crippen MR) is 130 cm³/mol. The molecule has 5 rings (SSSR count). The molecular formula is C28H25F3N2O3. The maximum Gasteiger partial charge on any atom is 0.450 e. The Hall–Kier alpha value is -3.81. The minimum absolute atomic E-state index is 0.0201. The quantitative estimate of drug-likeness (QED) is 0.301. The Bertz CT molecular complexity index is 1440. The van der Waals surface area contributed by atoms with Crippen LogP contribution in [0.5, 0.6) is 5.75 Å². The summed E-state index contributed by atoms with van der Waals surface area (Å²) in [5.41, 5.74) is 4.98. The molecule has 0 N–H and O–H groups in total. The van der Waals surface area contributed by atoms with Crippen molar-refractivity contribution in [2.75, 3.05) is 13.7 Å². The molecule has 0 saturated carbocycles. The van der Waals surface area contributed by atoms with Crippen molar-refractivity contribution in [2.24, 2.45) is 0 Å². The highest BCUT2D eigenvalue weighted by Crippen LogP contribution is 2.38. The molecule has 0 spiro atoms. The summed E-state index contributed by atoms with van der Waals surface area (Å²) in [7, 11) is 1.37. The van der Waals surface area contributed by atoms with E-state index < -0.39 is 12.0 Å². The number of ether oxygens (including phenoxy) is 2. The number of hydrogen-bond acceptors (Lipinski definition) is 4. The number of rotatable bonds is 6. The number of methoxy groups -OCH3 is 1. The molecule has 4 aromatic rings. The molecular weight excluding hydrogens is 469 g/mol. The van der Waals surface area contributed by atoms with Crippen LogP contribution < -0.4 is 4.74 Å². The first-order valence-corrected chi connectivity index (χ1v) is 11.7. The van der Waals surface area contributed by atoms with Crippen LogP contribution in [0.25, 0.3) is 16.7 Å². The second-order valence-corrected chi connectivity index (χ2v) is 8.98. The van der Waals surface area contributed by atoms with Crippen molar-refractivity contribution >= 4 is 17.0 Å². The summed E-state index contributed by atoms with van der Waals surface area (Å²) in [6.07, 6.45) is -2.97. The largest absolute Gasteiger partial charge is 0.493 e. The number of benzene rings is 3. The minimum atomic E-state index is -4.59. The molecule has 0 unspecified atom stereocenters. The van der Waals surface area contributed by atoms with Gasteiger partial charge in [-0.05, 0) is 60.7 Å². The number of aromatic nitrogens is 2. The van der Waals surface area contributed by atoms with Crippen LogP contribution in [0.3, 0.4) is 0 Å². The van der Waals surface area contributed by atoms with Crippen LogP contribution in [0.15, 0.2) is 60.7 Å². The van der Waals surface area contributed by atoms with Crippen LogP contribution in [0.1, 0.15) is 40.4 Å². The van der Waals surface area contributed by atoms with Gasteiger partial charge in [-0.15, -0.1) is 0 Å². The summed E-state index contributed by atoms with van der Waals surface area (Å²) in [4.78, 5) is 15.5. The van der Waals surface area contributed by atoms with E-state index in [2.05, 4.69) is 4.98 Å². The molecule has 8 heteroatoms. The first kappa shape index (κ1) is 23.9. The molecule has 0 aliphatic carbocycles. The summed E-state index contributed by atoms with van der Waals surface area (Å²) in [6.45, 7) is 2.29. The Balaban J connectivity index is 1.41. The predicted octanol–water partition coefficient (Wildman–Crippen LogP) is 6.18. The first-order valence-electron chi connectivity index (χ1n) is 11.7. The Morgan fingerprint density at radius 2 is 1.92 bits per heavy atom. The van der Waals surface area contributed by atoms with Gasteiger partial charge in [-0.25, -0.2) is 4.98 Å². The van der Waals surface area contributed by atoms with Gasteiger partial charge in [-0.2, -0.15) is 13.2 Å². The molecule has 0 fully saturated rings. The lowest BCUT2D eigenvalue weighted by Crippen LogP contribution is -2.15. The number of hydrogen-bond donors (Lipinski definition) is 0. The highest BCUT2D eigenvalue weighted by molar-refractivity contribution is 5.79. The van der Waals surface area contributed by atoms with E-state index in [4.69, 9.17) is 9.47 Å². The van der Waals surface area contributed by atoms with Crippen molar-refractivity contribution < 1.29 is 27.4 Å². The molecule has 0 amide bonds. The molecule has 3 aromatic carbocycles. The number of alkyl halides is 3. The van der Waals surface area contributed by atoms with Gasteiger partial charge in [0.05, 0.1) is 36.9 Å². The highest BCUT2D eigenvalue weighted by atomic mass is 19.4. The number of aryl methyl sites for hydroxylation is 2. The van der Waals surface area contributed by atoms with Gasteiger partial charge in [-0.3, -0.25) is 9.36 Å². The van der Waals surface area contributed by atoms with Crippen LogP contribution in [0, 0.1) is 6.92 Å². The van der Waals surface area contributed by atoms with Gasteiger partial charge in [0.15, 0.2) is 0 Å². The fourth-order valence-electron chi connectivity index (χ4n) is 4.85. The zero-order chi connectivity index (χ0) is 25.4. The number of carbonyl (C=O) groups is 1. The fourth-order valence-corrected chi connectivity index (χ4v) is 4.85. The average molecular weight is 495 g/mol. The van der Waals surface area contributed by atoms with Crippen molar-refractivity contribution in [1.82, 2.24) is 9.55 Å². The summed E-state index contributed by atoms with van der Waals surface area (Å²) in [6, 6.07) is 18.1. The smallest absolute Gasteiger partial charge is 0.450 e. The van der Waals surface area contributed by atoms with Crippen LogP contribution >= 0.6 is 0 Å². The second-order valence-electron chi connectivity index (χ2n) is 8.98. The topological polar surface area (TPSA) is 53.4 Å². The Labute approximate surface area is 206 Å². The van der Waals surface area contributed by atoms with Gasteiger partial charge in [0.25, 0.3) is 0 Å². The molecule has 5 nitrogen and oxygen atoms in total. The minimum Gasteiger partial charge on any atom is -0.493 e. The zero-order valence-electron chi connectivity index (χ0n) is 19.9. The lowest BCUT2D eigenvalue weighted by atomic mass is 9.94. The Morgan fingerprint density at radius 3 is 2.69 bits per heavy atom. The molecule has 2 heterocycles. The van der Waals surface area contributed by atoms with Crippen molar-refractivity contribution in [3.63, 3.8) is 0 Å². The van der Waals surface area contributed by atoms with Crippen molar-refractivity contribution in [1.29, 1.82) is 0 Å². The average Bonchev–Trinajstić information content (AvgIpc) is 3.44. The molecule has 36 heavy (non-hydrogen) atoms. The van der Waals surface area contributed by atoms with Gasteiger partial charge in [0, 0.05) is 11.5 Å². The monoisotopic (exact) mass is 494 g/mol. The zero-order valence-corrected chi connectivity index (χ0v) is 19.9. The van der Waals surface area contributed by atoms with Gasteiger partial charge < -0.3 is 9.47 Å². The molecule has 0 saturated heterocycles. The number of fused-ring (bicyclic) bond motifs is 2. The summed E-state index contributed by atoms with van der Waals surface area (Å²) in [5.74, 6) is -0.448. The van der Waals surface area contributed by atoms with Crippen molar-refractivity contribution in [2.45, 2.75) is 38.3 Å². The van der Waals surface area contributed by atoms with E-state index in [9.17, 15) is 18.0 Å². The Morgan fingerprint density at radius 1 is 1.11 bits per heavy atom. The molecule has 1 aromatic heterocycles. The van der Waals surface area contributed by atoms with E-state index in [1.807, 2.05) is 31.2 Å². The number of nitrogens with zero attached hydrogens (tertiary/aromatic N) is 2. The van der Waals surface area contributed by atoms with Crippen molar-refractivity contribution in [3.05, 3.63) is 88.7 Å². The maximum absolute atomic E-state index is 13.9. The first-order chi connectivity index (χ1) is 17.3. The van der Waals surface area contributed by atoms with E-state index in [0.29, 0.717) is 36.2 Å². The molecule has 0 radical (unpaired) electrons. The van der Waals surface area contributed by atoms with Crippen LogP contribution in [-0.4, -0.2) is 29.2 Å². The number of carbonyl (C=O) groups excluding carboxylic acids is 1. The third kappa shape index (κ3) is 4.43. The normalized spacial score (nSPS) is 15.1. The molecule has 186 valence electrons. The molecule has 1 atom stereocenters. The molecule has 1 aliphatic heterocycles. The van der Waals surface area contributed by atoms with Gasteiger partial charge >= 0.3 is 12.1 Å². The lowest BCUT2D eigenvalue weighted by Gasteiger charge is -2.16. The van der Waals surface area contributed by atoms with E-state index in [-0.39, 0.29) is 18.3 Å². The van der Waals surface area contributed by atoms with Crippen LogP contribution in [0.4, 0.5) is 13.2 Å². The fraction of sp³-hybridized carbons (Fsp3) is 0.286. The summed E-state index contributed by atoms with van der Waals surface area (Å²) < 4.78 is 53.4. The van der Waals surface area contributed by atoms with Gasteiger partial charge in [0.2, 0.25) is 5.82 Å². The SMILES string of the molecule is COC(=O)C[C@@H]1COc2cc(CCc3cccc(-n4c(C(F)(F)F)nc5ccccc54)c3C)ccc21. The van der Waals surface area contributed by atoms with Crippen molar-refractivity contribution in [3.8, 4) is 11.4 Å². The molecule has 1 aliphatic rings. The number of halogens is 3. The summed E-state index contributed by atoms with van der Waals surface area (Å²) >= 11 is 0.